The second-order valence-electron chi connectivity index (χ2n) is 5.31. The van der Waals surface area contributed by atoms with Gasteiger partial charge in [-0.25, -0.2) is 4.98 Å². The molecule has 0 aliphatic rings. The maximum absolute atomic E-state index is 13.0. The number of alkyl halides is 3. The van der Waals surface area contributed by atoms with Crippen molar-refractivity contribution in [3.63, 3.8) is 0 Å². The Morgan fingerprint density at radius 2 is 1.92 bits per heavy atom. The first-order chi connectivity index (χ1) is 11.7. The van der Waals surface area contributed by atoms with Crippen LogP contribution in [0.15, 0.2) is 36.5 Å². The predicted octanol–water partition coefficient (Wildman–Crippen LogP) is 4.27. The summed E-state index contributed by atoms with van der Waals surface area (Å²) in [6.07, 6.45) is -3.83. The van der Waals surface area contributed by atoms with Crippen molar-refractivity contribution in [2.45, 2.75) is 13.1 Å². The highest BCUT2D eigenvalue weighted by molar-refractivity contribution is 6.33. The number of fused-ring (bicyclic) bond motifs is 1. The molecule has 3 rings (SSSR count). The Balaban J connectivity index is 2.08. The highest BCUT2D eigenvalue weighted by Gasteiger charge is 2.32. The van der Waals surface area contributed by atoms with Gasteiger partial charge in [0.05, 0.1) is 16.3 Å². The van der Waals surface area contributed by atoms with Gasteiger partial charge >= 0.3 is 6.18 Å². The molecule has 0 unspecified atom stereocenters. The molecule has 0 fully saturated rings. The van der Waals surface area contributed by atoms with Crippen molar-refractivity contribution in [3.05, 3.63) is 58.5 Å². The van der Waals surface area contributed by atoms with Crippen LogP contribution in [0.25, 0.3) is 5.65 Å². The van der Waals surface area contributed by atoms with Gasteiger partial charge in [0.2, 0.25) is 0 Å². The standard InChI is InChI=1S/C16H11ClF3N3O2/c1-8-13(15(25)22-10-2-4-11(24)5-3-10)23-7-9(16(18,19)20)6-12(17)14(23)21-8/h2-7,24H,1H3,(H,22,25). The number of aromatic hydroxyl groups is 1. The second kappa shape index (κ2) is 5.96. The average molecular weight is 370 g/mol. The number of rotatable bonds is 2. The normalized spacial score (nSPS) is 11.7. The summed E-state index contributed by atoms with van der Waals surface area (Å²) in [5, 5.41) is 11.6. The first kappa shape index (κ1) is 17.1. The topological polar surface area (TPSA) is 66.6 Å². The number of hydrogen-bond donors (Lipinski definition) is 2. The number of carbonyl (C=O) groups is 1. The number of phenolic OH excluding ortho intramolecular Hbond substituents is 1. The summed E-state index contributed by atoms with van der Waals surface area (Å²) in [7, 11) is 0. The molecule has 130 valence electrons. The Labute approximate surface area is 144 Å². The van der Waals surface area contributed by atoms with Crippen molar-refractivity contribution in [3.8, 4) is 5.75 Å². The summed E-state index contributed by atoms with van der Waals surface area (Å²) in [6, 6.07) is 6.43. The van der Waals surface area contributed by atoms with Crippen molar-refractivity contribution in [2.75, 3.05) is 5.32 Å². The summed E-state index contributed by atoms with van der Waals surface area (Å²) in [6.45, 7) is 1.50. The minimum Gasteiger partial charge on any atom is -0.508 e. The largest absolute Gasteiger partial charge is 0.508 e. The van der Waals surface area contributed by atoms with Crippen molar-refractivity contribution >= 4 is 28.8 Å². The fourth-order valence-electron chi connectivity index (χ4n) is 2.38. The van der Waals surface area contributed by atoms with Crippen LogP contribution in [0.2, 0.25) is 5.02 Å². The maximum atomic E-state index is 13.0. The number of imidazole rings is 1. The molecule has 0 radical (unpaired) electrons. The van der Waals surface area contributed by atoms with Crippen LogP contribution < -0.4 is 5.32 Å². The van der Waals surface area contributed by atoms with Gasteiger partial charge in [-0.1, -0.05) is 11.6 Å². The average Bonchev–Trinajstić information content (AvgIpc) is 2.85. The number of pyridine rings is 1. The van der Waals surface area contributed by atoms with Crippen molar-refractivity contribution in [2.24, 2.45) is 0 Å². The van der Waals surface area contributed by atoms with Gasteiger partial charge in [0.1, 0.15) is 11.4 Å². The van der Waals surface area contributed by atoms with Crippen molar-refractivity contribution in [1.82, 2.24) is 9.38 Å². The van der Waals surface area contributed by atoms with Crippen LogP contribution in [0.1, 0.15) is 21.7 Å². The Morgan fingerprint density at radius 1 is 1.28 bits per heavy atom. The number of aryl methyl sites for hydroxylation is 1. The summed E-state index contributed by atoms with van der Waals surface area (Å²) in [5.41, 5.74) is -0.382. The fourth-order valence-corrected chi connectivity index (χ4v) is 2.63. The molecule has 5 nitrogen and oxygen atoms in total. The molecule has 0 aliphatic heterocycles. The minimum absolute atomic E-state index is 0.0191. The molecule has 3 aromatic rings. The van der Waals surface area contributed by atoms with E-state index in [0.29, 0.717) is 5.69 Å². The lowest BCUT2D eigenvalue weighted by Gasteiger charge is -2.10. The molecule has 1 aromatic carbocycles. The van der Waals surface area contributed by atoms with Crippen LogP contribution in [-0.4, -0.2) is 20.4 Å². The number of carbonyl (C=O) groups excluding carboxylic acids is 1. The number of amides is 1. The number of aromatic nitrogens is 2. The molecule has 0 bridgehead atoms. The van der Waals surface area contributed by atoms with Crippen LogP contribution in [0.3, 0.4) is 0 Å². The number of nitrogens with one attached hydrogen (secondary N) is 1. The summed E-state index contributed by atoms with van der Waals surface area (Å²) in [4.78, 5) is 16.6. The van der Waals surface area contributed by atoms with Gasteiger partial charge in [0.25, 0.3) is 5.91 Å². The van der Waals surface area contributed by atoms with Crippen molar-refractivity contribution < 1.29 is 23.1 Å². The molecule has 0 saturated carbocycles. The third kappa shape index (κ3) is 3.25. The summed E-state index contributed by atoms with van der Waals surface area (Å²) >= 11 is 5.89. The van der Waals surface area contributed by atoms with E-state index in [9.17, 15) is 23.1 Å². The molecule has 0 saturated heterocycles. The van der Waals surface area contributed by atoms with E-state index in [1.54, 1.807) is 0 Å². The number of halogens is 4. The van der Waals surface area contributed by atoms with E-state index in [4.69, 9.17) is 11.6 Å². The molecule has 0 atom stereocenters. The first-order valence-corrected chi connectivity index (χ1v) is 7.40. The van der Waals surface area contributed by atoms with E-state index in [1.165, 1.54) is 31.2 Å². The Morgan fingerprint density at radius 3 is 2.52 bits per heavy atom. The number of nitrogens with zero attached hydrogens (tertiary/aromatic N) is 2. The van der Waals surface area contributed by atoms with Crippen LogP contribution >= 0.6 is 11.6 Å². The molecule has 1 amide bonds. The van der Waals surface area contributed by atoms with Crippen LogP contribution in [0.5, 0.6) is 5.75 Å². The lowest BCUT2D eigenvalue weighted by molar-refractivity contribution is -0.137. The second-order valence-corrected chi connectivity index (χ2v) is 5.72. The number of benzene rings is 1. The first-order valence-electron chi connectivity index (χ1n) is 7.02. The molecule has 2 heterocycles. The highest BCUT2D eigenvalue weighted by atomic mass is 35.5. The third-order valence-corrected chi connectivity index (χ3v) is 3.80. The van der Waals surface area contributed by atoms with Gasteiger partial charge in [-0.3, -0.25) is 9.20 Å². The van der Waals surface area contributed by atoms with E-state index in [2.05, 4.69) is 10.3 Å². The van der Waals surface area contributed by atoms with E-state index in [1.807, 2.05) is 0 Å². The van der Waals surface area contributed by atoms with Gasteiger partial charge in [0, 0.05) is 11.9 Å². The van der Waals surface area contributed by atoms with Crippen LogP contribution in [-0.2, 0) is 6.18 Å². The monoisotopic (exact) mass is 369 g/mol. The zero-order valence-electron chi connectivity index (χ0n) is 12.7. The summed E-state index contributed by atoms with van der Waals surface area (Å²) < 4.78 is 40.0. The molecule has 2 aromatic heterocycles. The zero-order valence-corrected chi connectivity index (χ0v) is 13.5. The number of anilines is 1. The number of hydrogen-bond acceptors (Lipinski definition) is 3. The zero-order chi connectivity index (χ0) is 18.4. The van der Waals surface area contributed by atoms with Crippen molar-refractivity contribution in [1.29, 1.82) is 0 Å². The van der Waals surface area contributed by atoms with E-state index < -0.39 is 17.6 Å². The molecule has 0 aliphatic carbocycles. The summed E-state index contributed by atoms with van der Waals surface area (Å²) in [5.74, 6) is -0.628. The van der Waals surface area contributed by atoms with Gasteiger partial charge in [-0.2, -0.15) is 13.2 Å². The lowest BCUT2D eigenvalue weighted by Crippen LogP contribution is -2.16. The van der Waals surface area contributed by atoms with Crippen LogP contribution in [0.4, 0.5) is 18.9 Å². The molecule has 25 heavy (non-hydrogen) atoms. The minimum atomic E-state index is -4.61. The SMILES string of the molecule is Cc1nc2c(Cl)cc(C(F)(F)F)cn2c1C(=O)Nc1ccc(O)cc1. The Hall–Kier alpha value is -2.74. The third-order valence-electron chi connectivity index (χ3n) is 3.52. The quantitative estimate of drug-likeness (QED) is 0.663. The fraction of sp³-hybridized carbons (Fsp3) is 0.125. The van der Waals surface area contributed by atoms with Gasteiger partial charge in [-0.05, 0) is 37.3 Å². The van der Waals surface area contributed by atoms with E-state index >= 15 is 0 Å². The molecule has 2 N–H and O–H groups in total. The van der Waals surface area contributed by atoms with Gasteiger partial charge < -0.3 is 10.4 Å². The lowest BCUT2D eigenvalue weighted by atomic mass is 10.2. The molecular formula is C16H11ClF3N3O2. The Kier molecular flexibility index (Phi) is 4.08. The molecule has 0 spiro atoms. The maximum Gasteiger partial charge on any atom is 0.417 e. The van der Waals surface area contributed by atoms with Gasteiger partial charge in [-0.15, -0.1) is 0 Å². The smallest absolute Gasteiger partial charge is 0.417 e. The molecular weight excluding hydrogens is 359 g/mol. The predicted molar refractivity (Wildman–Crippen MR) is 86.0 cm³/mol. The van der Waals surface area contributed by atoms with Gasteiger partial charge in [0.15, 0.2) is 5.65 Å². The van der Waals surface area contributed by atoms with Crippen LogP contribution in [0, 0.1) is 6.92 Å². The van der Waals surface area contributed by atoms with E-state index in [0.717, 1.165) is 16.7 Å². The highest BCUT2D eigenvalue weighted by Crippen LogP contribution is 2.33. The molecule has 9 heteroatoms. The van der Waals surface area contributed by atoms with E-state index in [-0.39, 0.29) is 27.8 Å². The number of phenols is 1. The Bertz CT molecular complexity index is 965.